The average molecular weight is 261 g/mol. The fourth-order valence-electron chi connectivity index (χ4n) is 0.711. The molecule has 0 radical (unpaired) electrons. The SMILES string of the molecule is COCC(CCl)NS(=O)(=O)NC(=O)OC. The largest absolute Gasteiger partial charge is 0.452 e. The number of amides is 1. The van der Waals surface area contributed by atoms with Crippen LogP contribution in [0.5, 0.6) is 0 Å². The summed E-state index contributed by atoms with van der Waals surface area (Å²) in [6, 6.07) is -0.612. The fourth-order valence-corrected chi connectivity index (χ4v) is 1.92. The van der Waals surface area contributed by atoms with Crippen molar-refractivity contribution in [3.63, 3.8) is 0 Å². The van der Waals surface area contributed by atoms with E-state index < -0.39 is 22.3 Å². The fraction of sp³-hybridized carbons (Fsp3) is 0.833. The zero-order valence-electron chi connectivity index (χ0n) is 8.32. The maximum Gasteiger partial charge on any atom is 0.421 e. The van der Waals surface area contributed by atoms with Gasteiger partial charge in [-0.3, -0.25) is 0 Å². The van der Waals surface area contributed by atoms with Gasteiger partial charge in [0.2, 0.25) is 0 Å². The summed E-state index contributed by atoms with van der Waals surface area (Å²) < 4.78 is 35.0. The molecule has 2 N–H and O–H groups in total. The number of hydrogen-bond donors (Lipinski definition) is 2. The van der Waals surface area contributed by atoms with E-state index in [2.05, 4.69) is 9.46 Å². The Morgan fingerprint density at radius 1 is 1.47 bits per heavy atom. The minimum atomic E-state index is -3.97. The minimum absolute atomic E-state index is 0.0237. The first kappa shape index (κ1) is 14.4. The van der Waals surface area contributed by atoms with E-state index in [1.165, 1.54) is 7.11 Å². The van der Waals surface area contributed by atoms with Gasteiger partial charge in [0, 0.05) is 13.0 Å². The van der Waals surface area contributed by atoms with E-state index in [0.717, 1.165) is 7.11 Å². The Labute approximate surface area is 93.3 Å². The number of halogens is 1. The highest BCUT2D eigenvalue weighted by atomic mass is 35.5. The molecule has 15 heavy (non-hydrogen) atoms. The molecular weight excluding hydrogens is 248 g/mol. The Balaban J connectivity index is 4.28. The Hall–Kier alpha value is -0.570. The van der Waals surface area contributed by atoms with Crippen molar-refractivity contribution >= 4 is 27.9 Å². The number of nitrogens with one attached hydrogen (secondary N) is 2. The summed E-state index contributed by atoms with van der Waals surface area (Å²) in [5, 5.41) is 0. The van der Waals surface area contributed by atoms with Crippen molar-refractivity contribution in [1.29, 1.82) is 0 Å². The van der Waals surface area contributed by atoms with E-state index in [9.17, 15) is 13.2 Å². The highest BCUT2D eigenvalue weighted by Crippen LogP contribution is 1.92. The van der Waals surface area contributed by atoms with Gasteiger partial charge in [0.05, 0.1) is 19.8 Å². The van der Waals surface area contributed by atoms with Gasteiger partial charge in [-0.25, -0.2) is 9.52 Å². The third-order valence-corrected chi connectivity index (χ3v) is 2.73. The first-order valence-electron chi connectivity index (χ1n) is 3.88. The predicted octanol–water partition coefficient (Wildman–Crippen LogP) is -0.569. The molecule has 0 saturated carbocycles. The van der Waals surface area contributed by atoms with Crippen LogP contribution in [0.25, 0.3) is 0 Å². The van der Waals surface area contributed by atoms with Gasteiger partial charge in [0.25, 0.3) is 0 Å². The highest BCUT2D eigenvalue weighted by molar-refractivity contribution is 7.88. The van der Waals surface area contributed by atoms with Crippen LogP contribution in [0.1, 0.15) is 0 Å². The van der Waals surface area contributed by atoms with Gasteiger partial charge in [0.1, 0.15) is 0 Å². The van der Waals surface area contributed by atoms with E-state index in [1.807, 2.05) is 0 Å². The van der Waals surface area contributed by atoms with E-state index in [-0.39, 0.29) is 12.5 Å². The van der Waals surface area contributed by atoms with Crippen LogP contribution in [-0.4, -0.2) is 47.3 Å². The van der Waals surface area contributed by atoms with Gasteiger partial charge < -0.3 is 9.47 Å². The maximum absolute atomic E-state index is 11.2. The summed E-state index contributed by atoms with van der Waals surface area (Å²) in [7, 11) is -1.51. The normalized spacial score (nSPS) is 13.3. The van der Waals surface area contributed by atoms with Crippen LogP contribution in [0.15, 0.2) is 0 Å². The molecule has 0 bridgehead atoms. The van der Waals surface area contributed by atoms with Crippen LogP contribution < -0.4 is 9.44 Å². The van der Waals surface area contributed by atoms with Gasteiger partial charge in [-0.15, -0.1) is 11.6 Å². The van der Waals surface area contributed by atoms with Crippen molar-refractivity contribution in [2.24, 2.45) is 0 Å². The second-order valence-electron chi connectivity index (χ2n) is 2.52. The standard InChI is InChI=1S/C6H13ClN2O5S/c1-13-4-5(3-7)8-15(11,12)9-6(10)14-2/h5,8H,3-4H2,1-2H3,(H,9,10). The molecule has 9 heteroatoms. The molecule has 90 valence electrons. The third-order valence-electron chi connectivity index (χ3n) is 1.28. The quantitative estimate of drug-likeness (QED) is 0.624. The van der Waals surface area contributed by atoms with E-state index in [1.54, 1.807) is 4.72 Å². The lowest BCUT2D eigenvalue weighted by Gasteiger charge is -2.14. The van der Waals surface area contributed by atoms with Gasteiger partial charge >= 0.3 is 16.3 Å². The predicted molar refractivity (Wildman–Crippen MR) is 54.0 cm³/mol. The van der Waals surface area contributed by atoms with Gasteiger partial charge in [-0.05, 0) is 0 Å². The lowest BCUT2D eigenvalue weighted by molar-refractivity contribution is 0.175. The van der Waals surface area contributed by atoms with Crippen LogP contribution in [-0.2, 0) is 19.7 Å². The van der Waals surface area contributed by atoms with Crippen molar-refractivity contribution in [3.8, 4) is 0 Å². The van der Waals surface area contributed by atoms with Gasteiger partial charge in [-0.2, -0.15) is 13.1 Å². The van der Waals surface area contributed by atoms with Crippen LogP contribution in [0.3, 0.4) is 0 Å². The maximum atomic E-state index is 11.2. The van der Waals surface area contributed by atoms with Crippen molar-refractivity contribution < 1.29 is 22.7 Å². The molecule has 1 amide bonds. The molecule has 0 spiro atoms. The van der Waals surface area contributed by atoms with E-state index in [4.69, 9.17) is 16.3 Å². The number of hydrogen-bond acceptors (Lipinski definition) is 5. The second-order valence-corrected chi connectivity index (χ2v) is 4.28. The summed E-state index contributed by atoms with van der Waals surface area (Å²) >= 11 is 5.47. The molecule has 0 saturated heterocycles. The third kappa shape index (κ3) is 6.50. The van der Waals surface area contributed by atoms with Crippen molar-refractivity contribution in [3.05, 3.63) is 0 Å². The zero-order chi connectivity index (χ0) is 11.9. The molecule has 0 fully saturated rings. The number of carbonyl (C=O) groups excluding carboxylic acids is 1. The molecule has 0 aliphatic heterocycles. The van der Waals surface area contributed by atoms with Crippen LogP contribution >= 0.6 is 11.6 Å². The molecule has 1 atom stereocenters. The topological polar surface area (TPSA) is 93.7 Å². The Morgan fingerprint density at radius 3 is 2.47 bits per heavy atom. The zero-order valence-corrected chi connectivity index (χ0v) is 9.89. The Kier molecular flexibility index (Phi) is 6.57. The Bertz CT molecular complexity index is 294. The smallest absolute Gasteiger partial charge is 0.421 e. The summed E-state index contributed by atoms with van der Waals surface area (Å²) in [6.07, 6.45) is -1.08. The number of carbonyl (C=O) groups is 1. The van der Waals surface area contributed by atoms with Crippen molar-refractivity contribution in [1.82, 2.24) is 9.44 Å². The summed E-state index contributed by atoms with van der Waals surface area (Å²) in [5.41, 5.74) is 0. The summed E-state index contributed by atoms with van der Waals surface area (Å²) in [6.45, 7) is 0.103. The van der Waals surface area contributed by atoms with E-state index in [0.29, 0.717) is 0 Å². The van der Waals surface area contributed by atoms with Crippen LogP contribution in [0.4, 0.5) is 4.79 Å². The first-order chi connectivity index (χ1) is 6.95. The lowest BCUT2D eigenvalue weighted by Crippen LogP contribution is -2.47. The number of ether oxygens (including phenoxy) is 2. The number of alkyl halides is 1. The Morgan fingerprint density at radius 2 is 2.07 bits per heavy atom. The molecule has 1 unspecified atom stereocenters. The molecule has 0 aromatic carbocycles. The molecule has 0 aromatic heterocycles. The molecule has 7 nitrogen and oxygen atoms in total. The van der Waals surface area contributed by atoms with Gasteiger partial charge in [-0.1, -0.05) is 0 Å². The monoisotopic (exact) mass is 260 g/mol. The molecule has 0 heterocycles. The first-order valence-corrected chi connectivity index (χ1v) is 5.90. The average Bonchev–Trinajstić information content (AvgIpc) is 2.15. The van der Waals surface area contributed by atoms with Crippen LogP contribution in [0.2, 0.25) is 0 Å². The number of methoxy groups -OCH3 is 2. The summed E-state index contributed by atoms with van der Waals surface area (Å²) in [5.74, 6) is 0.0237. The molecule has 0 aromatic rings. The van der Waals surface area contributed by atoms with E-state index >= 15 is 0 Å². The minimum Gasteiger partial charge on any atom is -0.452 e. The number of rotatable bonds is 6. The second kappa shape index (κ2) is 6.83. The highest BCUT2D eigenvalue weighted by Gasteiger charge is 2.19. The molecule has 0 aliphatic rings. The lowest BCUT2D eigenvalue weighted by atomic mass is 10.4. The van der Waals surface area contributed by atoms with Crippen molar-refractivity contribution in [2.45, 2.75) is 6.04 Å². The van der Waals surface area contributed by atoms with Gasteiger partial charge in [0.15, 0.2) is 0 Å². The molecular formula is C6H13ClN2O5S. The van der Waals surface area contributed by atoms with Crippen LogP contribution in [0, 0.1) is 0 Å². The summed E-state index contributed by atoms with van der Waals surface area (Å²) in [4.78, 5) is 10.6. The van der Waals surface area contributed by atoms with Crippen molar-refractivity contribution in [2.75, 3.05) is 26.7 Å². The molecule has 0 aliphatic carbocycles. The molecule has 0 rings (SSSR count).